The first kappa shape index (κ1) is 17.8. The van der Waals surface area contributed by atoms with Crippen LogP contribution < -0.4 is 0 Å². The van der Waals surface area contributed by atoms with Gasteiger partial charge in [0.1, 0.15) is 0 Å². The van der Waals surface area contributed by atoms with Crippen LogP contribution in [0.4, 0.5) is 0 Å². The van der Waals surface area contributed by atoms with Crippen molar-refractivity contribution in [1.82, 2.24) is 0 Å². The monoisotopic (exact) mass is 462 g/mol. The summed E-state index contributed by atoms with van der Waals surface area (Å²) in [5.74, 6) is 0. The van der Waals surface area contributed by atoms with Gasteiger partial charge in [0.05, 0.1) is 9.75 Å². The fourth-order valence-electron chi connectivity index (χ4n) is 3.48. The van der Waals surface area contributed by atoms with Gasteiger partial charge < -0.3 is 0 Å². The fourth-order valence-corrected chi connectivity index (χ4v) is 8.69. The summed E-state index contributed by atoms with van der Waals surface area (Å²) in [5, 5.41) is 7.02. The Labute approximate surface area is 189 Å². The molecule has 0 N–H and O–H groups in total. The van der Waals surface area contributed by atoms with Crippen molar-refractivity contribution in [3.8, 4) is 39.0 Å². The summed E-state index contributed by atoms with van der Waals surface area (Å²) >= 11 is 9.34. The van der Waals surface area contributed by atoms with Crippen LogP contribution in [0.2, 0.25) is 0 Å². The lowest BCUT2D eigenvalue weighted by molar-refractivity contribution is 1.83. The Morgan fingerprint density at radius 3 is 1.31 bits per heavy atom. The summed E-state index contributed by atoms with van der Waals surface area (Å²) in [6.45, 7) is 0. The average molecular weight is 463 g/mol. The van der Waals surface area contributed by atoms with E-state index in [-0.39, 0.29) is 0 Å². The minimum Gasteiger partial charge on any atom is -0.143 e. The molecule has 0 aliphatic rings. The van der Waals surface area contributed by atoms with Gasteiger partial charge in [-0.2, -0.15) is 0 Å². The maximum atomic E-state index is 2.28. The summed E-state index contributed by atoms with van der Waals surface area (Å²) in [7, 11) is 0. The van der Waals surface area contributed by atoms with Gasteiger partial charge in [-0.25, -0.2) is 0 Å². The van der Waals surface area contributed by atoms with Crippen LogP contribution in [0.3, 0.4) is 0 Å². The van der Waals surface area contributed by atoms with Crippen molar-refractivity contribution in [2.45, 2.75) is 0 Å². The Morgan fingerprint density at radius 1 is 0.379 bits per heavy atom. The first-order valence-electron chi connectivity index (χ1n) is 9.16. The summed E-state index contributed by atoms with van der Waals surface area (Å²) in [6.07, 6.45) is 0. The van der Waals surface area contributed by atoms with Gasteiger partial charge in [0.2, 0.25) is 0 Å². The smallest absolute Gasteiger partial charge is 0.0528 e. The zero-order chi connectivity index (χ0) is 19.2. The lowest BCUT2D eigenvalue weighted by Gasteiger charge is -1.95. The van der Waals surface area contributed by atoms with E-state index in [1.54, 1.807) is 0 Å². The van der Waals surface area contributed by atoms with Crippen molar-refractivity contribution >= 4 is 67.5 Å². The molecular weight excluding hydrogens is 449 g/mol. The summed E-state index contributed by atoms with van der Waals surface area (Å²) in [4.78, 5) is 10.9. The first-order chi connectivity index (χ1) is 14.4. The third kappa shape index (κ3) is 3.14. The average Bonchev–Trinajstić information content (AvgIpc) is 3.56. The third-order valence-electron chi connectivity index (χ3n) is 4.81. The number of hydrogen-bond donors (Lipinski definition) is 0. The van der Waals surface area contributed by atoms with Crippen molar-refractivity contribution < 1.29 is 0 Å². The molecule has 0 bridgehead atoms. The van der Waals surface area contributed by atoms with Gasteiger partial charge in [-0.3, -0.25) is 0 Å². The SMILES string of the molecule is c1csc(-c2ccc(-c3sc(-c4ccc(-c5cccs5)s4)c4ccccc34)s2)c1. The van der Waals surface area contributed by atoms with Crippen molar-refractivity contribution in [2.75, 3.05) is 0 Å². The highest BCUT2D eigenvalue weighted by molar-refractivity contribution is 7.30. The molecule has 0 aliphatic heterocycles. The Bertz CT molecular complexity index is 1280. The molecule has 0 spiro atoms. The number of rotatable bonds is 4. The normalized spacial score (nSPS) is 11.4. The van der Waals surface area contributed by atoms with E-state index in [1.165, 1.54) is 49.8 Å². The minimum atomic E-state index is 1.35. The molecule has 0 aliphatic carbocycles. The standard InChI is InChI=1S/C24H14S5/c1-2-6-16-15(5-1)23(21-11-9-19(27-21)17-7-3-13-25-17)29-24(16)22-12-10-20(28-22)18-8-4-14-26-18/h1-14H. The van der Waals surface area contributed by atoms with E-state index >= 15 is 0 Å². The Morgan fingerprint density at radius 2 is 0.862 bits per heavy atom. The number of hydrogen-bond acceptors (Lipinski definition) is 5. The van der Waals surface area contributed by atoms with Gasteiger partial charge in [-0.05, 0) is 47.2 Å². The van der Waals surface area contributed by atoms with Crippen LogP contribution in [0.15, 0.2) is 83.6 Å². The van der Waals surface area contributed by atoms with Crippen molar-refractivity contribution in [1.29, 1.82) is 0 Å². The molecule has 0 saturated carbocycles. The topological polar surface area (TPSA) is 0 Å². The minimum absolute atomic E-state index is 1.35. The summed E-state index contributed by atoms with van der Waals surface area (Å²) in [5.41, 5.74) is 0. The Balaban J connectivity index is 1.48. The van der Waals surface area contributed by atoms with Crippen molar-refractivity contribution in [2.24, 2.45) is 0 Å². The number of benzene rings is 1. The van der Waals surface area contributed by atoms with Gasteiger partial charge in [0.15, 0.2) is 0 Å². The molecule has 5 heteroatoms. The lowest BCUT2D eigenvalue weighted by atomic mass is 10.1. The van der Waals surface area contributed by atoms with Gasteiger partial charge >= 0.3 is 0 Å². The molecule has 0 atom stereocenters. The van der Waals surface area contributed by atoms with Gasteiger partial charge in [-0.1, -0.05) is 36.4 Å². The molecule has 0 nitrogen and oxygen atoms in total. The fraction of sp³-hybridized carbons (Fsp3) is 0. The van der Waals surface area contributed by atoms with E-state index in [9.17, 15) is 0 Å². The van der Waals surface area contributed by atoms with Crippen LogP contribution in [0.5, 0.6) is 0 Å². The van der Waals surface area contributed by atoms with E-state index in [1.807, 2.05) is 56.7 Å². The maximum Gasteiger partial charge on any atom is 0.0528 e. The lowest BCUT2D eigenvalue weighted by Crippen LogP contribution is -1.68. The quantitative estimate of drug-likeness (QED) is 0.244. The molecule has 1 aromatic carbocycles. The Hall–Kier alpha value is -2.02. The van der Waals surface area contributed by atoms with Crippen LogP contribution >= 0.6 is 56.7 Å². The van der Waals surface area contributed by atoms with Crippen molar-refractivity contribution in [3.63, 3.8) is 0 Å². The van der Waals surface area contributed by atoms with E-state index in [0.717, 1.165) is 0 Å². The predicted octanol–water partition coefficient (Wildman–Crippen LogP) is 9.82. The molecule has 140 valence electrons. The van der Waals surface area contributed by atoms with Gasteiger partial charge in [0.25, 0.3) is 0 Å². The maximum absolute atomic E-state index is 2.28. The van der Waals surface area contributed by atoms with E-state index in [2.05, 4.69) is 83.6 Å². The molecule has 0 radical (unpaired) electrons. The van der Waals surface area contributed by atoms with Crippen LogP contribution in [-0.4, -0.2) is 0 Å². The predicted molar refractivity (Wildman–Crippen MR) is 135 cm³/mol. The first-order valence-corrected chi connectivity index (χ1v) is 13.4. The van der Waals surface area contributed by atoms with Gasteiger partial charge in [0, 0.05) is 40.0 Å². The zero-order valence-electron chi connectivity index (χ0n) is 15.1. The zero-order valence-corrected chi connectivity index (χ0v) is 19.2. The summed E-state index contributed by atoms with van der Waals surface area (Å²) < 4.78 is 0. The molecule has 5 aromatic heterocycles. The van der Waals surface area contributed by atoms with Crippen LogP contribution in [0.1, 0.15) is 0 Å². The van der Waals surface area contributed by atoms with Crippen LogP contribution in [-0.2, 0) is 0 Å². The Kier molecular flexibility index (Phi) is 4.51. The number of thiophene rings is 5. The second-order valence-corrected chi connectivity index (χ2v) is 11.7. The molecule has 0 saturated heterocycles. The molecule has 6 aromatic rings. The second-order valence-electron chi connectivity index (χ2n) is 6.59. The summed E-state index contributed by atoms with van der Waals surface area (Å²) in [6, 6.07) is 26.6. The highest BCUT2D eigenvalue weighted by atomic mass is 32.1. The van der Waals surface area contributed by atoms with Crippen molar-refractivity contribution in [3.05, 3.63) is 83.6 Å². The highest BCUT2D eigenvalue weighted by Crippen LogP contribution is 2.49. The largest absolute Gasteiger partial charge is 0.143 e. The molecule has 5 heterocycles. The number of fused-ring (bicyclic) bond motifs is 1. The van der Waals surface area contributed by atoms with Crippen LogP contribution in [0, 0.1) is 0 Å². The molecule has 0 fully saturated rings. The molecule has 0 unspecified atom stereocenters. The molecular formula is C24H14S5. The van der Waals surface area contributed by atoms with E-state index in [0.29, 0.717) is 0 Å². The third-order valence-corrected chi connectivity index (χ3v) is 10.7. The van der Waals surface area contributed by atoms with Gasteiger partial charge in [-0.15, -0.1) is 56.7 Å². The molecule has 0 amide bonds. The molecule has 29 heavy (non-hydrogen) atoms. The van der Waals surface area contributed by atoms with E-state index in [4.69, 9.17) is 0 Å². The van der Waals surface area contributed by atoms with Crippen LogP contribution in [0.25, 0.3) is 49.8 Å². The highest BCUT2D eigenvalue weighted by Gasteiger charge is 2.17. The molecule has 6 rings (SSSR count). The van der Waals surface area contributed by atoms with E-state index < -0.39 is 0 Å². The second kappa shape index (κ2) is 7.35.